The summed E-state index contributed by atoms with van der Waals surface area (Å²) in [6.07, 6.45) is -0.974. The zero-order valence-corrected chi connectivity index (χ0v) is 11.3. The number of halogens is 4. The van der Waals surface area contributed by atoms with Crippen molar-refractivity contribution < 1.29 is 13.2 Å². The predicted octanol–water partition coefficient (Wildman–Crippen LogP) is 2.89. The van der Waals surface area contributed by atoms with Crippen molar-refractivity contribution >= 4 is 33.5 Å². The lowest BCUT2D eigenvalue weighted by atomic mass is 10.2. The van der Waals surface area contributed by atoms with Crippen LogP contribution in [0, 0.1) is 3.70 Å². The minimum absolute atomic E-state index is 0.140. The number of nitrogens with one attached hydrogen (secondary N) is 1. The summed E-state index contributed by atoms with van der Waals surface area (Å²) >= 11 is 2.07. The Hall–Kier alpha value is -0.960. The Balaban J connectivity index is 2.11. The number of nitrogens with zero attached hydrogens (tertiary/aromatic N) is 2. The van der Waals surface area contributed by atoms with Crippen LogP contribution in [0.5, 0.6) is 0 Å². The first-order valence-corrected chi connectivity index (χ1v) is 6.20. The molecule has 2 aromatic rings. The number of hydrogen-bond acceptors (Lipinski definition) is 3. The molecule has 2 rings (SSSR count). The van der Waals surface area contributed by atoms with Crippen molar-refractivity contribution in [2.75, 3.05) is 6.54 Å². The number of rotatable bonds is 3. The Morgan fingerprint density at radius 3 is 2.78 bits per heavy atom. The molecule has 0 fully saturated rings. The van der Waals surface area contributed by atoms with E-state index in [0.717, 1.165) is 14.6 Å². The molecule has 0 saturated heterocycles. The third kappa shape index (κ3) is 3.52. The first kappa shape index (κ1) is 13.5. The summed E-state index contributed by atoms with van der Waals surface area (Å²) in [5, 5.41) is 3.21. The number of hydrogen-bond donors (Lipinski definition) is 1. The van der Waals surface area contributed by atoms with Crippen LogP contribution in [-0.2, 0) is 6.54 Å². The first-order valence-electron chi connectivity index (χ1n) is 5.12. The molecule has 0 amide bonds. The predicted molar refractivity (Wildman–Crippen MR) is 70.0 cm³/mol. The van der Waals surface area contributed by atoms with Gasteiger partial charge >= 0.3 is 6.18 Å². The fraction of sp³-hybridized carbons (Fsp3) is 0.273. The van der Waals surface area contributed by atoms with Crippen LogP contribution >= 0.6 is 22.6 Å². The first-order chi connectivity index (χ1) is 8.46. The van der Waals surface area contributed by atoms with E-state index in [0.29, 0.717) is 5.56 Å². The Kier molecular flexibility index (Phi) is 4.00. The maximum atomic E-state index is 12.0. The van der Waals surface area contributed by atoms with E-state index in [1.54, 1.807) is 18.5 Å². The van der Waals surface area contributed by atoms with Gasteiger partial charge in [0.25, 0.3) is 0 Å². The van der Waals surface area contributed by atoms with Crippen LogP contribution in [-0.4, -0.2) is 22.7 Å². The second-order valence-electron chi connectivity index (χ2n) is 3.74. The molecular weight excluding hydrogens is 358 g/mol. The molecule has 0 spiro atoms. The van der Waals surface area contributed by atoms with Gasteiger partial charge in [0.15, 0.2) is 0 Å². The van der Waals surface area contributed by atoms with Crippen molar-refractivity contribution in [3.05, 3.63) is 33.8 Å². The summed E-state index contributed by atoms with van der Waals surface area (Å²) in [5.74, 6) is 0. The summed E-state index contributed by atoms with van der Waals surface area (Å²) in [6, 6.07) is 3.60. The maximum Gasteiger partial charge on any atom is 0.401 e. The zero-order valence-electron chi connectivity index (χ0n) is 9.13. The third-order valence-electron chi connectivity index (χ3n) is 2.27. The smallest absolute Gasteiger partial charge is 0.305 e. The molecular formula is C11H9F3IN3. The Bertz CT molecular complexity index is 557. The molecule has 2 aromatic heterocycles. The van der Waals surface area contributed by atoms with Crippen molar-refractivity contribution in [3.8, 4) is 0 Å². The Morgan fingerprint density at radius 2 is 2.06 bits per heavy atom. The minimum Gasteiger partial charge on any atom is -0.305 e. The van der Waals surface area contributed by atoms with E-state index in [2.05, 4.69) is 37.9 Å². The maximum absolute atomic E-state index is 12.0. The second kappa shape index (κ2) is 5.35. The van der Waals surface area contributed by atoms with Gasteiger partial charge in [0.2, 0.25) is 0 Å². The van der Waals surface area contributed by atoms with Gasteiger partial charge in [-0.3, -0.25) is 4.98 Å². The van der Waals surface area contributed by atoms with Gasteiger partial charge in [-0.25, -0.2) is 4.98 Å². The van der Waals surface area contributed by atoms with Crippen LogP contribution in [0.2, 0.25) is 0 Å². The molecule has 7 heteroatoms. The average molecular weight is 367 g/mol. The molecule has 0 aliphatic rings. The molecule has 3 nitrogen and oxygen atoms in total. The number of alkyl halides is 3. The number of fused-ring (bicyclic) bond motifs is 1. The lowest BCUT2D eigenvalue weighted by Gasteiger charge is -2.08. The van der Waals surface area contributed by atoms with Crippen molar-refractivity contribution in [3.63, 3.8) is 0 Å². The molecule has 0 radical (unpaired) electrons. The second-order valence-corrected chi connectivity index (χ2v) is 4.76. The standard InChI is InChI=1S/C11H9F3IN3/c12-11(13,14)6-16-4-7-3-8-1-2-17-10(15)9(8)18-5-7/h1-3,5,16H,4,6H2. The van der Waals surface area contributed by atoms with E-state index in [1.165, 1.54) is 0 Å². The van der Waals surface area contributed by atoms with Gasteiger partial charge < -0.3 is 5.32 Å². The summed E-state index contributed by atoms with van der Waals surface area (Å²) in [5.41, 5.74) is 1.48. The number of aromatic nitrogens is 2. The molecule has 0 aromatic carbocycles. The van der Waals surface area contributed by atoms with Gasteiger partial charge in [-0.1, -0.05) is 0 Å². The third-order valence-corrected chi connectivity index (χ3v) is 3.06. The Morgan fingerprint density at radius 1 is 1.28 bits per heavy atom. The highest BCUT2D eigenvalue weighted by Crippen LogP contribution is 2.17. The van der Waals surface area contributed by atoms with Crippen LogP contribution in [0.1, 0.15) is 5.56 Å². The molecule has 96 valence electrons. The van der Waals surface area contributed by atoms with Gasteiger partial charge in [0.1, 0.15) is 9.22 Å². The van der Waals surface area contributed by atoms with E-state index in [4.69, 9.17) is 0 Å². The Labute approximate surface area is 115 Å². The highest BCUT2D eigenvalue weighted by atomic mass is 127. The zero-order chi connectivity index (χ0) is 13.2. The van der Waals surface area contributed by atoms with Gasteiger partial charge in [-0.2, -0.15) is 13.2 Å². The van der Waals surface area contributed by atoms with E-state index < -0.39 is 12.7 Å². The average Bonchev–Trinajstić information content (AvgIpc) is 2.27. The fourth-order valence-electron chi connectivity index (χ4n) is 1.52. The minimum atomic E-state index is -4.19. The monoisotopic (exact) mass is 367 g/mol. The summed E-state index contributed by atoms with van der Waals surface area (Å²) in [7, 11) is 0. The van der Waals surface area contributed by atoms with Gasteiger partial charge in [0, 0.05) is 24.3 Å². The van der Waals surface area contributed by atoms with Crippen molar-refractivity contribution in [2.24, 2.45) is 0 Å². The van der Waals surface area contributed by atoms with Crippen LogP contribution in [0.4, 0.5) is 13.2 Å². The SMILES string of the molecule is FC(F)(F)CNCc1cnc2c(I)nccc2c1. The normalized spacial score (nSPS) is 12.0. The molecule has 0 aliphatic heterocycles. The quantitative estimate of drug-likeness (QED) is 0.670. The van der Waals surface area contributed by atoms with Gasteiger partial charge in [-0.05, 0) is 40.3 Å². The topological polar surface area (TPSA) is 37.8 Å². The van der Waals surface area contributed by atoms with E-state index >= 15 is 0 Å². The molecule has 0 saturated carbocycles. The molecule has 0 aliphatic carbocycles. The van der Waals surface area contributed by atoms with E-state index in [1.807, 2.05) is 6.07 Å². The van der Waals surface area contributed by atoms with Gasteiger partial charge in [0.05, 0.1) is 6.54 Å². The number of pyridine rings is 2. The van der Waals surface area contributed by atoms with Crippen LogP contribution in [0.3, 0.4) is 0 Å². The van der Waals surface area contributed by atoms with Crippen molar-refractivity contribution in [1.29, 1.82) is 0 Å². The van der Waals surface area contributed by atoms with Crippen LogP contribution in [0.15, 0.2) is 24.5 Å². The van der Waals surface area contributed by atoms with E-state index in [9.17, 15) is 13.2 Å². The lowest BCUT2D eigenvalue weighted by Crippen LogP contribution is -2.28. The largest absolute Gasteiger partial charge is 0.401 e. The van der Waals surface area contributed by atoms with Crippen molar-refractivity contribution in [1.82, 2.24) is 15.3 Å². The highest BCUT2D eigenvalue weighted by Gasteiger charge is 2.26. The molecule has 1 N–H and O–H groups in total. The highest BCUT2D eigenvalue weighted by molar-refractivity contribution is 14.1. The van der Waals surface area contributed by atoms with E-state index in [-0.39, 0.29) is 6.54 Å². The summed E-state index contributed by atoms with van der Waals surface area (Å²) in [4.78, 5) is 8.30. The summed E-state index contributed by atoms with van der Waals surface area (Å²) < 4.78 is 36.7. The molecule has 0 bridgehead atoms. The molecule has 18 heavy (non-hydrogen) atoms. The lowest BCUT2D eigenvalue weighted by molar-refractivity contribution is -0.125. The fourth-order valence-corrected chi connectivity index (χ4v) is 2.13. The molecule has 0 unspecified atom stereocenters. The summed E-state index contributed by atoms with van der Waals surface area (Å²) in [6.45, 7) is -0.861. The van der Waals surface area contributed by atoms with Crippen LogP contribution in [0.25, 0.3) is 10.9 Å². The molecule has 0 atom stereocenters. The van der Waals surface area contributed by atoms with Crippen LogP contribution < -0.4 is 5.32 Å². The molecule has 2 heterocycles. The van der Waals surface area contributed by atoms with Gasteiger partial charge in [-0.15, -0.1) is 0 Å². The van der Waals surface area contributed by atoms with Crippen molar-refractivity contribution in [2.45, 2.75) is 12.7 Å².